The zero-order valence-electron chi connectivity index (χ0n) is 13.1. The summed E-state index contributed by atoms with van der Waals surface area (Å²) in [6.45, 7) is 3.50. The molecule has 0 saturated carbocycles. The van der Waals surface area contributed by atoms with Crippen molar-refractivity contribution in [2.75, 3.05) is 6.61 Å². The number of ether oxygens (including phenoxy) is 2. The number of rotatable bonds is 5. The Morgan fingerprint density at radius 3 is 2.50 bits per heavy atom. The minimum absolute atomic E-state index is 0.159. The fourth-order valence-electron chi connectivity index (χ4n) is 1.99. The van der Waals surface area contributed by atoms with Crippen molar-refractivity contribution in [3.63, 3.8) is 0 Å². The van der Waals surface area contributed by atoms with E-state index in [0.29, 0.717) is 21.6 Å². The molecule has 6 nitrogen and oxygen atoms in total. The Labute approximate surface area is 142 Å². The van der Waals surface area contributed by atoms with Crippen LogP contribution >= 0.6 is 11.6 Å². The Balaban J connectivity index is 2.18. The summed E-state index contributed by atoms with van der Waals surface area (Å²) in [5.41, 5.74) is 1.02. The summed E-state index contributed by atoms with van der Waals surface area (Å²) in [5, 5.41) is 1.08. The third-order valence-electron chi connectivity index (χ3n) is 3.12. The molecule has 1 heterocycles. The fraction of sp³-hybridized carbons (Fsp3) is 0.235. The molecule has 1 aromatic heterocycles. The van der Waals surface area contributed by atoms with Gasteiger partial charge in [0.05, 0.1) is 6.61 Å². The van der Waals surface area contributed by atoms with E-state index in [-0.39, 0.29) is 13.2 Å². The van der Waals surface area contributed by atoms with Crippen molar-refractivity contribution in [2.45, 2.75) is 20.5 Å². The van der Waals surface area contributed by atoms with Gasteiger partial charge in [-0.2, -0.15) is 0 Å². The molecule has 0 aliphatic carbocycles. The van der Waals surface area contributed by atoms with E-state index in [0.717, 1.165) is 17.7 Å². The van der Waals surface area contributed by atoms with Crippen molar-refractivity contribution in [3.8, 4) is 0 Å². The SMILES string of the molecule is CCOC(=O)/C=C/C(=O)OCc1cc(=O)oc2cc(C)c(Cl)cc12. The Kier molecular flexibility index (Phi) is 5.76. The lowest BCUT2D eigenvalue weighted by Crippen LogP contribution is -2.07. The first-order valence-corrected chi connectivity index (χ1v) is 7.53. The molecule has 0 spiro atoms. The van der Waals surface area contributed by atoms with Crippen LogP contribution in [0.15, 0.2) is 39.6 Å². The van der Waals surface area contributed by atoms with Gasteiger partial charge in [0.2, 0.25) is 0 Å². The van der Waals surface area contributed by atoms with Gasteiger partial charge in [0.15, 0.2) is 0 Å². The van der Waals surface area contributed by atoms with Gasteiger partial charge in [-0.1, -0.05) is 11.6 Å². The van der Waals surface area contributed by atoms with Crippen LogP contribution in [0.1, 0.15) is 18.1 Å². The number of halogens is 1. The molecule has 1 aromatic carbocycles. The van der Waals surface area contributed by atoms with Gasteiger partial charge >= 0.3 is 17.6 Å². The normalized spacial score (nSPS) is 11.0. The third-order valence-corrected chi connectivity index (χ3v) is 3.53. The highest BCUT2D eigenvalue weighted by Crippen LogP contribution is 2.25. The standard InChI is InChI=1S/C17H15ClO6/c1-3-22-15(19)4-5-16(20)23-9-11-7-17(21)24-14-6-10(2)13(18)8-12(11)14/h4-8H,3,9H2,1-2H3/b5-4+. The van der Waals surface area contributed by atoms with E-state index in [9.17, 15) is 14.4 Å². The number of hydrogen-bond acceptors (Lipinski definition) is 6. The molecule has 2 aromatic rings. The average Bonchev–Trinajstić information content (AvgIpc) is 2.52. The van der Waals surface area contributed by atoms with Gasteiger partial charge in [-0.15, -0.1) is 0 Å². The molecular formula is C17H15ClO6. The summed E-state index contributed by atoms with van der Waals surface area (Å²) < 4.78 is 14.8. The Hall–Kier alpha value is -2.60. The number of carbonyl (C=O) groups is 2. The predicted octanol–water partition coefficient (Wildman–Crippen LogP) is 2.92. The van der Waals surface area contributed by atoms with Gasteiger partial charge in [0.25, 0.3) is 0 Å². The third kappa shape index (κ3) is 4.45. The lowest BCUT2D eigenvalue weighted by molar-refractivity contribution is -0.141. The van der Waals surface area contributed by atoms with E-state index in [1.54, 1.807) is 26.0 Å². The lowest BCUT2D eigenvalue weighted by atomic mass is 10.1. The van der Waals surface area contributed by atoms with Gasteiger partial charge < -0.3 is 13.9 Å². The molecule has 126 valence electrons. The van der Waals surface area contributed by atoms with Gasteiger partial charge in [0, 0.05) is 34.2 Å². The molecule has 0 fully saturated rings. The van der Waals surface area contributed by atoms with Crippen LogP contribution < -0.4 is 5.63 Å². The number of hydrogen-bond donors (Lipinski definition) is 0. The molecule has 0 unspecified atom stereocenters. The zero-order chi connectivity index (χ0) is 17.7. The molecule has 0 radical (unpaired) electrons. The molecule has 0 amide bonds. The van der Waals surface area contributed by atoms with Crippen molar-refractivity contribution >= 4 is 34.5 Å². The van der Waals surface area contributed by atoms with E-state index >= 15 is 0 Å². The highest BCUT2D eigenvalue weighted by molar-refractivity contribution is 6.32. The van der Waals surface area contributed by atoms with E-state index < -0.39 is 17.6 Å². The Morgan fingerprint density at radius 1 is 1.17 bits per heavy atom. The number of esters is 2. The van der Waals surface area contributed by atoms with Crippen molar-refractivity contribution in [1.82, 2.24) is 0 Å². The summed E-state index contributed by atoms with van der Waals surface area (Å²) in [5.74, 6) is -1.37. The highest BCUT2D eigenvalue weighted by Gasteiger charge is 2.10. The number of fused-ring (bicyclic) bond motifs is 1. The predicted molar refractivity (Wildman–Crippen MR) is 87.8 cm³/mol. The molecule has 0 atom stereocenters. The lowest BCUT2D eigenvalue weighted by Gasteiger charge is -2.07. The van der Waals surface area contributed by atoms with Gasteiger partial charge in [-0.3, -0.25) is 0 Å². The van der Waals surface area contributed by atoms with Crippen molar-refractivity contribution in [1.29, 1.82) is 0 Å². The van der Waals surface area contributed by atoms with Crippen LogP contribution in [0.3, 0.4) is 0 Å². The minimum atomic E-state index is -0.734. The number of carbonyl (C=O) groups excluding carboxylic acids is 2. The van der Waals surface area contributed by atoms with Gasteiger partial charge in [0.1, 0.15) is 12.2 Å². The maximum Gasteiger partial charge on any atom is 0.336 e. The average molecular weight is 351 g/mol. The van der Waals surface area contributed by atoms with E-state index in [4.69, 9.17) is 20.8 Å². The minimum Gasteiger partial charge on any atom is -0.463 e. The molecule has 0 N–H and O–H groups in total. The molecule has 0 saturated heterocycles. The van der Waals surface area contributed by atoms with E-state index in [2.05, 4.69) is 4.74 Å². The Morgan fingerprint density at radius 2 is 1.83 bits per heavy atom. The summed E-state index contributed by atoms with van der Waals surface area (Å²) in [6.07, 6.45) is 1.94. The first-order valence-electron chi connectivity index (χ1n) is 7.15. The monoisotopic (exact) mass is 350 g/mol. The van der Waals surface area contributed by atoms with Crippen LogP contribution in [0.25, 0.3) is 11.0 Å². The van der Waals surface area contributed by atoms with Crippen molar-refractivity contribution < 1.29 is 23.5 Å². The van der Waals surface area contributed by atoms with Crippen LogP contribution in [0.4, 0.5) is 0 Å². The number of benzene rings is 1. The second kappa shape index (κ2) is 7.79. The maximum atomic E-state index is 11.6. The highest BCUT2D eigenvalue weighted by atomic mass is 35.5. The summed E-state index contributed by atoms with van der Waals surface area (Å²) >= 11 is 6.09. The molecule has 7 heteroatoms. The van der Waals surface area contributed by atoms with E-state index in [1.165, 1.54) is 6.07 Å². The van der Waals surface area contributed by atoms with Crippen LogP contribution in [-0.2, 0) is 25.7 Å². The fourth-order valence-corrected chi connectivity index (χ4v) is 2.15. The van der Waals surface area contributed by atoms with Crippen molar-refractivity contribution in [2.24, 2.45) is 0 Å². The molecular weight excluding hydrogens is 336 g/mol. The maximum absolute atomic E-state index is 11.6. The number of aryl methyl sites for hydroxylation is 1. The summed E-state index contributed by atoms with van der Waals surface area (Å²) in [4.78, 5) is 34.4. The second-order valence-corrected chi connectivity index (χ2v) is 5.29. The molecule has 24 heavy (non-hydrogen) atoms. The smallest absolute Gasteiger partial charge is 0.336 e. The van der Waals surface area contributed by atoms with Crippen LogP contribution in [-0.4, -0.2) is 18.5 Å². The van der Waals surface area contributed by atoms with Crippen LogP contribution in [0.5, 0.6) is 0 Å². The quantitative estimate of drug-likeness (QED) is 0.468. The first-order chi connectivity index (χ1) is 11.4. The van der Waals surface area contributed by atoms with Crippen LogP contribution in [0, 0.1) is 6.92 Å². The van der Waals surface area contributed by atoms with Gasteiger partial charge in [-0.25, -0.2) is 14.4 Å². The molecule has 0 aliphatic rings. The topological polar surface area (TPSA) is 82.8 Å². The molecule has 0 bridgehead atoms. The zero-order valence-corrected chi connectivity index (χ0v) is 13.9. The Bertz CT molecular complexity index is 865. The molecule has 0 aliphatic heterocycles. The first kappa shape index (κ1) is 17.7. The summed E-state index contributed by atoms with van der Waals surface area (Å²) in [7, 11) is 0. The second-order valence-electron chi connectivity index (χ2n) is 4.88. The molecule has 2 rings (SSSR count). The van der Waals surface area contributed by atoms with Crippen LogP contribution in [0.2, 0.25) is 5.02 Å². The van der Waals surface area contributed by atoms with Gasteiger partial charge in [-0.05, 0) is 31.5 Å². The van der Waals surface area contributed by atoms with Crippen molar-refractivity contribution in [3.05, 3.63) is 56.9 Å². The summed E-state index contributed by atoms with van der Waals surface area (Å²) in [6, 6.07) is 4.52. The largest absolute Gasteiger partial charge is 0.463 e. The van der Waals surface area contributed by atoms with E-state index in [1.807, 2.05) is 0 Å².